The lowest BCUT2D eigenvalue weighted by atomic mass is 9.91. The molecule has 0 unspecified atom stereocenters. The summed E-state index contributed by atoms with van der Waals surface area (Å²) in [7, 11) is 0. The van der Waals surface area contributed by atoms with Crippen LogP contribution in [0.25, 0.3) is 0 Å². The number of nitrogens with one attached hydrogen (secondary N) is 2. The highest BCUT2D eigenvalue weighted by Gasteiger charge is 2.27. The fourth-order valence-corrected chi connectivity index (χ4v) is 4.20. The summed E-state index contributed by atoms with van der Waals surface area (Å²) in [5, 5.41) is 7.46. The normalized spacial score (nSPS) is 29.0. The minimum Gasteiger partial charge on any atom is -0.385 e. The molecule has 0 aromatic heterocycles. The molecule has 3 nitrogen and oxygen atoms in total. The average Bonchev–Trinajstić information content (AvgIpc) is 2.47. The third-order valence-corrected chi connectivity index (χ3v) is 5.30. The topological polar surface area (TPSA) is 36.4 Å². The van der Waals surface area contributed by atoms with Crippen LogP contribution in [0.2, 0.25) is 0 Å². The number of hydrogen-bond acceptors (Lipinski definition) is 2. The van der Waals surface area contributed by atoms with Crippen LogP contribution in [-0.2, 0) is 0 Å². The fraction of sp³-hybridized carbons (Fsp3) is 0.842. The van der Waals surface area contributed by atoms with Crippen LogP contribution in [-0.4, -0.2) is 23.5 Å². The van der Waals surface area contributed by atoms with Gasteiger partial charge in [-0.15, -0.1) is 0 Å². The lowest BCUT2D eigenvalue weighted by Gasteiger charge is -2.36. The molecule has 0 bridgehead atoms. The lowest BCUT2D eigenvalue weighted by molar-refractivity contribution is 0.369. The van der Waals surface area contributed by atoms with Crippen LogP contribution in [0.5, 0.6) is 0 Å². The first-order valence-electron chi connectivity index (χ1n) is 9.44. The number of hydrogen-bond donors (Lipinski definition) is 2. The molecule has 3 aliphatic rings. The quantitative estimate of drug-likeness (QED) is 0.815. The van der Waals surface area contributed by atoms with E-state index >= 15 is 0 Å². The Hall–Kier alpha value is -0.990. The molecule has 2 fully saturated rings. The SMILES string of the molecule is CC1(C)CC(NC2CCCCC2)=CC(=NC2CCCCC2)N1. The first kappa shape index (κ1) is 15.9. The molecular formula is C19H33N3. The van der Waals surface area contributed by atoms with E-state index in [9.17, 15) is 0 Å². The van der Waals surface area contributed by atoms with Crippen molar-refractivity contribution in [3.8, 4) is 0 Å². The van der Waals surface area contributed by atoms with E-state index in [4.69, 9.17) is 4.99 Å². The van der Waals surface area contributed by atoms with Crippen molar-refractivity contribution in [2.24, 2.45) is 4.99 Å². The smallest absolute Gasteiger partial charge is 0.123 e. The maximum Gasteiger partial charge on any atom is 0.123 e. The van der Waals surface area contributed by atoms with E-state index in [2.05, 4.69) is 30.6 Å². The molecule has 0 aromatic carbocycles. The number of amidine groups is 1. The molecule has 1 heterocycles. The summed E-state index contributed by atoms with van der Waals surface area (Å²) in [5.41, 5.74) is 1.50. The van der Waals surface area contributed by atoms with Crippen LogP contribution in [0.1, 0.15) is 84.5 Å². The Morgan fingerprint density at radius 3 is 2.32 bits per heavy atom. The second kappa shape index (κ2) is 7.06. The van der Waals surface area contributed by atoms with Gasteiger partial charge in [0.25, 0.3) is 0 Å². The second-order valence-electron chi connectivity index (χ2n) is 8.14. The van der Waals surface area contributed by atoms with Crippen molar-refractivity contribution in [2.45, 2.75) is 102 Å². The molecule has 0 saturated heterocycles. The second-order valence-corrected chi connectivity index (χ2v) is 8.14. The molecule has 1 aliphatic heterocycles. The minimum atomic E-state index is 0.110. The van der Waals surface area contributed by atoms with Gasteiger partial charge >= 0.3 is 0 Å². The number of nitrogens with zero attached hydrogens (tertiary/aromatic N) is 1. The van der Waals surface area contributed by atoms with Crippen molar-refractivity contribution in [2.75, 3.05) is 0 Å². The third-order valence-electron chi connectivity index (χ3n) is 5.30. The number of rotatable bonds is 3. The molecule has 3 rings (SSSR count). The van der Waals surface area contributed by atoms with Gasteiger partial charge in [-0.25, -0.2) is 0 Å². The highest BCUT2D eigenvalue weighted by Crippen LogP contribution is 2.25. The predicted molar refractivity (Wildman–Crippen MR) is 94.2 cm³/mol. The largest absolute Gasteiger partial charge is 0.385 e. The maximum atomic E-state index is 5.02. The molecule has 2 saturated carbocycles. The van der Waals surface area contributed by atoms with Crippen molar-refractivity contribution in [3.05, 3.63) is 11.8 Å². The van der Waals surface area contributed by atoms with E-state index in [-0.39, 0.29) is 5.54 Å². The Bertz CT molecular complexity index is 424. The van der Waals surface area contributed by atoms with Crippen molar-refractivity contribution in [1.82, 2.24) is 10.6 Å². The predicted octanol–water partition coefficient (Wildman–Crippen LogP) is 4.30. The van der Waals surface area contributed by atoms with Gasteiger partial charge in [-0.2, -0.15) is 0 Å². The van der Waals surface area contributed by atoms with Crippen LogP contribution in [0.3, 0.4) is 0 Å². The van der Waals surface area contributed by atoms with E-state index in [1.54, 1.807) is 0 Å². The number of aliphatic imine (C=N–C) groups is 1. The fourth-order valence-electron chi connectivity index (χ4n) is 4.20. The lowest BCUT2D eigenvalue weighted by Crippen LogP contribution is -2.49. The summed E-state index contributed by atoms with van der Waals surface area (Å²) in [6.07, 6.45) is 16.8. The van der Waals surface area contributed by atoms with Gasteiger partial charge in [-0.1, -0.05) is 38.5 Å². The molecular weight excluding hydrogens is 270 g/mol. The summed E-state index contributed by atoms with van der Waals surface area (Å²) in [6.45, 7) is 4.58. The Kier molecular flexibility index (Phi) is 5.10. The van der Waals surface area contributed by atoms with Crippen LogP contribution in [0.15, 0.2) is 16.8 Å². The van der Waals surface area contributed by atoms with Gasteiger partial charge in [0.1, 0.15) is 5.84 Å². The van der Waals surface area contributed by atoms with Gasteiger partial charge in [0.15, 0.2) is 0 Å². The van der Waals surface area contributed by atoms with Gasteiger partial charge in [-0.3, -0.25) is 4.99 Å². The van der Waals surface area contributed by atoms with E-state index in [1.807, 2.05) is 0 Å². The third kappa shape index (κ3) is 4.50. The van der Waals surface area contributed by atoms with Crippen LogP contribution >= 0.6 is 0 Å². The highest BCUT2D eigenvalue weighted by molar-refractivity contribution is 5.95. The maximum absolute atomic E-state index is 5.02. The van der Waals surface area contributed by atoms with E-state index in [1.165, 1.54) is 69.9 Å². The molecule has 2 aliphatic carbocycles. The van der Waals surface area contributed by atoms with Gasteiger partial charge < -0.3 is 10.6 Å². The molecule has 0 amide bonds. The Labute approximate surface area is 136 Å². The zero-order valence-corrected chi connectivity index (χ0v) is 14.5. The van der Waals surface area contributed by atoms with Gasteiger partial charge in [0.05, 0.1) is 6.04 Å². The Morgan fingerprint density at radius 2 is 1.64 bits per heavy atom. The van der Waals surface area contributed by atoms with Crippen LogP contribution < -0.4 is 10.6 Å². The van der Waals surface area contributed by atoms with Crippen molar-refractivity contribution >= 4 is 5.84 Å². The zero-order valence-electron chi connectivity index (χ0n) is 14.5. The zero-order chi connectivity index (χ0) is 15.4. The summed E-state index contributed by atoms with van der Waals surface area (Å²) < 4.78 is 0. The molecule has 22 heavy (non-hydrogen) atoms. The average molecular weight is 303 g/mol. The van der Waals surface area contributed by atoms with Gasteiger partial charge in [0.2, 0.25) is 0 Å². The molecule has 0 aromatic rings. The molecule has 0 atom stereocenters. The summed E-state index contributed by atoms with van der Waals surface area (Å²) in [5.74, 6) is 1.11. The Morgan fingerprint density at radius 1 is 1.00 bits per heavy atom. The summed E-state index contributed by atoms with van der Waals surface area (Å²) in [6, 6.07) is 1.22. The van der Waals surface area contributed by atoms with E-state index in [0.717, 1.165) is 12.3 Å². The molecule has 2 N–H and O–H groups in total. The highest BCUT2D eigenvalue weighted by atomic mass is 15.1. The molecule has 3 heteroatoms. The monoisotopic (exact) mass is 303 g/mol. The van der Waals surface area contributed by atoms with Gasteiger partial charge in [0, 0.05) is 23.7 Å². The first-order valence-corrected chi connectivity index (χ1v) is 9.44. The minimum absolute atomic E-state index is 0.110. The van der Waals surface area contributed by atoms with Crippen molar-refractivity contribution in [3.63, 3.8) is 0 Å². The van der Waals surface area contributed by atoms with Gasteiger partial charge in [-0.05, 0) is 45.6 Å². The first-order chi connectivity index (χ1) is 10.6. The summed E-state index contributed by atoms with van der Waals surface area (Å²) in [4.78, 5) is 5.02. The van der Waals surface area contributed by atoms with Crippen LogP contribution in [0, 0.1) is 0 Å². The Balaban J connectivity index is 1.68. The standard InChI is InChI=1S/C19H33N3/c1-19(2)14-17(20-15-9-5-3-6-10-15)13-18(22-19)21-16-11-7-4-8-12-16/h13,15-16,20H,3-12,14H2,1-2H3,(H,21,22). The molecule has 0 spiro atoms. The molecule has 0 radical (unpaired) electrons. The van der Waals surface area contributed by atoms with E-state index in [0.29, 0.717) is 12.1 Å². The van der Waals surface area contributed by atoms with Crippen LogP contribution in [0.4, 0.5) is 0 Å². The molecule has 124 valence electrons. The van der Waals surface area contributed by atoms with Crippen molar-refractivity contribution in [1.29, 1.82) is 0 Å². The van der Waals surface area contributed by atoms with Crippen molar-refractivity contribution < 1.29 is 0 Å². The summed E-state index contributed by atoms with van der Waals surface area (Å²) >= 11 is 0. The van der Waals surface area contributed by atoms with E-state index < -0.39 is 0 Å².